The molecular weight excluding hydrogens is 637 g/mol. The van der Waals surface area contributed by atoms with E-state index in [0.717, 1.165) is 33.5 Å². The summed E-state index contributed by atoms with van der Waals surface area (Å²) in [7, 11) is -0.966. The van der Waals surface area contributed by atoms with E-state index in [1.165, 1.54) is 27.8 Å². The van der Waals surface area contributed by atoms with Crippen molar-refractivity contribution in [1.82, 2.24) is 5.32 Å². The average molecular weight is 685 g/mol. The third-order valence-corrected chi connectivity index (χ3v) is 9.89. The van der Waals surface area contributed by atoms with E-state index in [0.29, 0.717) is 24.3 Å². The maximum Gasteiger partial charge on any atom is 0.250 e. The van der Waals surface area contributed by atoms with Gasteiger partial charge in [0.2, 0.25) is 5.91 Å². The number of hydrogen-bond donors (Lipinski definition) is 2. The van der Waals surface area contributed by atoms with E-state index in [4.69, 9.17) is 0 Å². The van der Waals surface area contributed by atoms with Crippen molar-refractivity contribution in [2.75, 3.05) is 23.9 Å². The number of nitrogens with one attached hydrogen (secondary N) is 2. The highest BCUT2D eigenvalue weighted by Gasteiger charge is 2.21. The lowest BCUT2D eigenvalue weighted by Crippen LogP contribution is -2.28. The zero-order valence-electron chi connectivity index (χ0n) is 30.2. The van der Waals surface area contributed by atoms with Crippen LogP contribution < -0.4 is 10.6 Å². The maximum absolute atomic E-state index is 14.0. The summed E-state index contributed by atoms with van der Waals surface area (Å²) in [4.78, 5) is 26.6. The zero-order valence-corrected chi connectivity index (χ0v) is 31.0. The van der Waals surface area contributed by atoms with E-state index in [1.54, 1.807) is 12.3 Å². The Hall–Kier alpha value is -4.81. The number of rotatable bonds is 10. The number of anilines is 1. The van der Waals surface area contributed by atoms with Crippen LogP contribution in [-0.2, 0) is 25.8 Å². The van der Waals surface area contributed by atoms with Crippen molar-refractivity contribution in [2.24, 2.45) is 0 Å². The molecule has 0 saturated heterocycles. The Bertz CT molecular complexity index is 1950. The normalized spacial score (nSPS) is 14.9. The number of hydrogen-bond acceptors (Lipinski definition) is 3. The fourth-order valence-electron chi connectivity index (χ4n) is 6.42. The molecule has 0 radical (unpaired) electrons. The van der Waals surface area contributed by atoms with Gasteiger partial charge in [-0.1, -0.05) is 117 Å². The van der Waals surface area contributed by atoms with Gasteiger partial charge in [0.05, 0.1) is 5.92 Å². The minimum Gasteiger partial charge on any atom is -0.351 e. The summed E-state index contributed by atoms with van der Waals surface area (Å²) in [5.41, 5.74) is 12.7. The van der Waals surface area contributed by atoms with Crippen molar-refractivity contribution < 1.29 is 13.8 Å². The number of carbonyl (C=O) groups is 2. The summed E-state index contributed by atoms with van der Waals surface area (Å²) in [6.07, 6.45) is 9.68. The SMILES string of the molecule is Cc1cc(C)c(-c2ccc(NC(=O)C(C=C3C=CC(C(=O)NCCS(C)=O)=CC3)c3ccc(-c4ccc(C(C)(C)C)cc4)cc3)cc2)c(C)c1. The molecule has 0 aliphatic heterocycles. The average Bonchev–Trinajstić information content (AvgIpc) is 3.07. The van der Waals surface area contributed by atoms with Crippen LogP contribution in [-0.4, -0.2) is 34.6 Å². The van der Waals surface area contributed by atoms with Gasteiger partial charge in [-0.3, -0.25) is 13.8 Å². The van der Waals surface area contributed by atoms with E-state index < -0.39 is 16.7 Å². The van der Waals surface area contributed by atoms with Crippen LogP contribution >= 0.6 is 0 Å². The third kappa shape index (κ3) is 9.25. The van der Waals surface area contributed by atoms with Gasteiger partial charge in [-0.05, 0) is 101 Å². The van der Waals surface area contributed by atoms with Crippen LogP contribution in [0.3, 0.4) is 0 Å². The molecule has 258 valence electrons. The van der Waals surface area contributed by atoms with Gasteiger partial charge >= 0.3 is 0 Å². The van der Waals surface area contributed by atoms with Gasteiger partial charge < -0.3 is 10.6 Å². The molecule has 1 aliphatic carbocycles. The van der Waals surface area contributed by atoms with Crippen LogP contribution in [0.25, 0.3) is 22.3 Å². The molecule has 0 heterocycles. The Morgan fingerprint density at radius 3 is 1.94 bits per heavy atom. The molecule has 0 aromatic heterocycles. The number of carbonyl (C=O) groups excluding carboxylic acids is 2. The van der Waals surface area contributed by atoms with Crippen LogP contribution in [0.1, 0.15) is 60.9 Å². The molecule has 0 fully saturated rings. The van der Waals surface area contributed by atoms with Crippen molar-refractivity contribution in [3.63, 3.8) is 0 Å². The first kappa shape index (κ1) is 36.5. The standard InChI is InChI=1S/C44H48N2O3S/c1-29-26-30(2)41(31(3)27-29)36-18-22-39(23-19-36)46-43(48)40(28-32-8-10-37(11-9-32)42(47)45-24-25-50(7)49)35-14-12-33(13-15-35)34-16-20-38(21-17-34)44(4,5)6/h8,10-23,26-28,40H,9,24-25H2,1-7H3,(H,45,47)(H,46,48). The second-order valence-electron chi connectivity index (χ2n) is 14.2. The molecule has 0 spiro atoms. The summed E-state index contributed by atoms with van der Waals surface area (Å²) in [6.45, 7) is 13.4. The second-order valence-corrected chi connectivity index (χ2v) is 15.8. The molecule has 0 bridgehead atoms. The van der Waals surface area contributed by atoms with Gasteiger partial charge in [-0.2, -0.15) is 0 Å². The van der Waals surface area contributed by atoms with Crippen LogP contribution in [0.2, 0.25) is 0 Å². The number of allylic oxidation sites excluding steroid dienone is 3. The summed E-state index contributed by atoms with van der Waals surface area (Å²) in [5.74, 6) is -0.467. The lowest BCUT2D eigenvalue weighted by molar-refractivity contribution is -0.117. The Morgan fingerprint density at radius 2 is 1.40 bits per heavy atom. The fraction of sp³-hybridized carbons (Fsp3) is 0.273. The van der Waals surface area contributed by atoms with Gasteiger partial charge in [0.1, 0.15) is 0 Å². The molecule has 2 atom stereocenters. The van der Waals surface area contributed by atoms with Crippen molar-refractivity contribution in [3.05, 3.63) is 148 Å². The van der Waals surface area contributed by atoms with Gasteiger partial charge in [-0.25, -0.2) is 0 Å². The molecule has 5 rings (SSSR count). The second kappa shape index (κ2) is 15.8. The third-order valence-electron chi connectivity index (χ3n) is 9.11. The van der Waals surface area contributed by atoms with Crippen LogP contribution in [0.15, 0.2) is 120 Å². The van der Waals surface area contributed by atoms with Gasteiger partial charge in [0.25, 0.3) is 5.91 Å². The van der Waals surface area contributed by atoms with Crippen molar-refractivity contribution in [2.45, 2.75) is 59.3 Å². The van der Waals surface area contributed by atoms with E-state index >= 15 is 0 Å². The summed E-state index contributed by atoms with van der Waals surface area (Å²) in [5, 5.41) is 5.99. The molecule has 4 aromatic carbocycles. The Labute approximate surface area is 300 Å². The van der Waals surface area contributed by atoms with Crippen LogP contribution in [0, 0.1) is 20.8 Å². The topological polar surface area (TPSA) is 75.3 Å². The molecule has 2 amide bonds. The van der Waals surface area contributed by atoms with Gasteiger partial charge in [-0.15, -0.1) is 0 Å². The number of benzene rings is 4. The van der Waals surface area contributed by atoms with Crippen LogP contribution in [0.5, 0.6) is 0 Å². The lowest BCUT2D eigenvalue weighted by atomic mass is 9.86. The molecule has 0 saturated carbocycles. The Balaban J connectivity index is 1.39. The first-order chi connectivity index (χ1) is 23.8. The maximum atomic E-state index is 14.0. The summed E-state index contributed by atoms with van der Waals surface area (Å²) < 4.78 is 11.4. The quantitative estimate of drug-likeness (QED) is 0.175. The molecular formula is C44H48N2O3S. The molecule has 5 nitrogen and oxygen atoms in total. The molecule has 1 aliphatic rings. The number of aryl methyl sites for hydroxylation is 3. The molecule has 50 heavy (non-hydrogen) atoms. The van der Waals surface area contributed by atoms with Crippen molar-refractivity contribution in [3.8, 4) is 22.3 Å². The summed E-state index contributed by atoms with van der Waals surface area (Å²) >= 11 is 0. The first-order valence-electron chi connectivity index (χ1n) is 17.2. The predicted molar refractivity (Wildman–Crippen MR) is 210 cm³/mol. The van der Waals surface area contributed by atoms with E-state index in [2.05, 4.69) is 113 Å². The highest BCUT2D eigenvalue weighted by Crippen LogP contribution is 2.32. The minimum absolute atomic E-state index is 0.0826. The van der Waals surface area contributed by atoms with E-state index in [1.807, 2.05) is 42.5 Å². The molecule has 2 unspecified atom stereocenters. The zero-order chi connectivity index (χ0) is 36.0. The summed E-state index contributed by atoms with van der Waals surface area (Å²) in [6, 6.07) is 29.3. The monoisotopic (exact) mass is 684 g/mol. The van der Waals surface area contributed by atoms with Gasteiger partial charge in [0, 0.05) is 40.6 Å². The molecule has 2 N–H and O–H groups in total. The van der Waals surface area contributed by atoms with Gasteiger partial charge in [0.15, 0.2) is 0 Å². The Morgan fingerprint density at radius 1 is 0.820 bits per heavy atom. The predicted octanol–water partition coefficient (Wildman–Crippen LogP) is 9.27. The van der Waals surface area contributed by atoms with Crippen LogP contribution in [0.4, 0.5) is 5.69 Å². The largest absolute Gasteiger partial charge is 0.351 e. The Kier molecular flexibility index (Phi) is 11.5. The van der Waals surface area contributed by atoms with Crippen molar-refractivity contribution in [1.29, 1.82) is 0 Å². The number of amides is 2. The van der Waals surface area contributed by atoms with E-state index in [9.17, 15) is 13.8 Å². The minimum atomic E-state index is -0.966. The first-order valence-corrected chi connectivity index (χ1v) is 18.9. The highest BCUT2D eigenvalue weighted by molar-refractivity contribution is 7.84. The molecule has 4 aromatic rings. The van der Waals surface area contributed by atoms with Crippen molar-refractivity contribution >= 4 is 28.3 Å². The molecule has 6 heteroatoms. The lowest BCUT2D eigenvalue weighted by Gasteiger charge is -2.19. The highest BCUT2D eigenvalue weighted by atomic mass is 32.2. The van der Waals surface area contributed by atoms with E-state index in [-0.39, 0.29) is 17.2 Å². The smallest absolute Gasteiger partial charge is 0.250 e. The fourth-order valence-corrected chi connectivity index (χ4v) is 6.81.